The highest BCUT2D eigenvalue weighted by atomic mass is 15.3. The Balaban J connectivity index is 1.33. The summed E-state index contributed by atoms with van der Waals surface area (Å²) in [5.41, 5.74) is 2.95. The lowest BCUT2D eigenvalue weighted by molar-refractivity contribution is 0.643. The Bertz CT molecular complexity index is 1400. The molecule has 3 aromatic heterocycles. The van der Waals surface area contributed by atoms with Gasteiger partial charge in [-0.05, 0) is 29.8 Å². The van der Waals surface area contributed by atoms with E-state index >= 15 is 0 Å². The average Bonchev–Trinajstić information content (AvgIpc) is 3.37. The zero-order valence-electron chi connectivity index (χ0n) is 19.3. The van der Waals surface area contributed by atoms with Gasteiger partial charge in [0.05, 0.1) is 17.3 Å². The molecule has 1 fully saturated rings. The van der Waals surface area contributed by atoms with Crippen molar-refractivity contribution in [2.45, 2.75) is 6.54 Å². The van der Waals surface area contributed by atoms with E-state index in [0.717, 1.165) is 54.5 Å². The summed E-state index contributed by atoms with van der Waals surface area (Å²) in [5, 5.41) is 9.06. The van der Waals surface area contributed by atoms with E-state index in [2.05, 4.69) is 43.4 Å². The van der Waals surface area contributed by atoms with Gasteiger partial charge >= 0.3 is 0 Å². The summed E-state index contributed by atoms with van der Waals surface area (Å²) in [6.45, 7) is 4.09. The fourth-order valence-electron chi connectivity index (χ4n) is 4.44. The van der Waals surface area contributed by atoms with Gasteiger partial charge in [0.15, 0.2) is 5.65 Å². The van der Waals surface area contributed by atoms with Crippen LogP contribution in [0.4, 0.5) is 17.6 Å². The van der Waals surface area contributed by atoms with Crippen molar-refractivity contribution < 1.29 is 0 Å². The number of benzene rings is 2. The number of anilines is 3. The molecule has 1 aliphatic rings. The van der Waals surface area contributed by atoms with E-state index in [1.807, 2.05) is 77.7 Å². The Morgan fingerprint density at radius 1 is 0.743 bits per heavy atom. The number of pyridine rings is 1. The monoisotopic (exact) mass is 462 g/mol. The molecule has 6 rings (SSSR count). The van der Waals surface area contributed by atoms with Gasteiger partial charge in [-0.1, -0.05) is 54.6 Å². The second kappa shape index (κ2) is 9.42. The molecule has 35 heavy (non-hydrogen) atoms. The molecule has 1 N–H and O–H groups in total. The maximum Gasteiger partial charge on any atom is 0.227 e. The van der Waals surface area contributed by atoms with Crippen LogP contribution in [0.5, 0.6) is 0 Å². The molecule has 2 aromatic carbocycles. The van der Waals surface area contributed by atoms with E-state index in [-0.39, 0.29) is 0 Å². The molecule has 1 aliphatic heterocycles. The fourth-order valence-corrected chi connectivity index (χ4v) is 4.44. The highest BCUT2D eigenvalue weighted by Gasteiger charge is 2.23. The van der Waals surface area contributed by atoms with Crippen molar-refractivity contribution in [2.75, 3.05) is 41.3 Å². The first kappa shape index (κ1) is 21.1. The van der Waals surface area contributed by atoms with Crippen LogP contribution >= 0.6 is 0 Å². The Morgan fingerprint density at radius 2 is 1.46 bits per heavy atom. The standard InChI is InChI=1S/C27H26N8/c1-3-9-21(10-4-1)19-29-27-31-25(34-17-15-33(16-18-34)24-13-7-8-14-28-24)23-20-30-35(26(23)32-27)22-11-5-2-6-12-22/h1-14,20H,15-19H2,(H,29,31,32). The minimum atomic E-state index is 0.598. The van der Waals surface area contributed by atoms with Crippen LogP contribution in [0.25, 0.3) is 16.7 Å². The summed E-state index contributed by atoms with van der Waals surface area (Å²) in [7, 11) is 0. The maximum atomic E-state index is 4.96. The Kier molecular flexibility index (Phi) is 5.68. The Labute approximate surface area is 203 Å². The van der Waals surface area contributed by atoms with Crippen LogP contribution in [-0.2, 0) is 6.54 Å². The van der Waals surface area contributed by atoms with Crippen molar-refractivity contribution in [3.8, 4) is 5.69 Å². The third-order valence-electron chi connectivity index (χ3n) is 6.26. The van der Waals surface area contributed by atoms with Crippen molar-refractivity contribution in [3.63, 3.8) is 0 Å². The van der Waals surface area contributed by atoms with E-state index in [4.69, 9.17) is 9.97 Å². The zero-order valence-corrected chi connectivity index (χ0v) is 19.3. The second-order valence-electron chi connectivity index (χ2n) is 8.50. The molecule has 0 bridgehead atoms. The van der Waals surface area contributed by atoms with Crippen LogP contribution in [-0.4, -0.2) is 50.9 Å². The third kappa shape index (κ3) is 4.38. The molecule has 0 aliphatic carbocycles. The van der Waals surface area contributed by atoms with E-state index in [9.17, 15) is 0 Å². The van der Waals surface area contributed by atoms with Crippen molar-refractivity contribution in [1.82, 2.24) is 24.7 Å². The third-order valence-corrected chi connectivity index (χ3v) is 6.26. The number of fused-ring (bicyclic) bond motifs is 1. The van der Waals surface area contributed by atoms with Gasteiger partial charge in [-0.25, -0.2) is 9.67 Å². The molecule has 0 unspecified atom stereocenters. The van der Waals surface area contributed by atoms with E-state index < -0.39 is 0 Å². The molecule has 0 amide bonds. The largest absolute Gasteiger partial charge is 0.353 e. The first-order chi connectivity index (χ1) is 17.3. The number of rotatable bonds is 6. The van der Waals surface area contributed by atoms with E-state index in [0.29, 0.717) is 12.5 Å². The van der Waals surface area contributed by atoms with Crippen molar-refractivity contribution in [1.29, 1.82) is 0 Å². The van der Waals surface area contributed by atoms with Crippen LogP contribution in [0.3, 0.4) is 0 Å². The maximum absolute atomic E-state index is 4.96. The zero-order chi connectivity index (χ0) is 23.5. The molecule has 0 atom stereocenters. The van der Waals surface area contributed by atoms with Gasteiger partial charge < -0.3 is 15.1 Å². The first-order valence-electron chi connectivity index (χ1n) is 11.8. The summed E-state index contributed by atoms with van der Waals surface area (Å²) in [6, 6.07) is 26.4. The molecule has 0 saturated carbocycles. The van der Waals surface area contributed by atoms with Gasteiger partial charge in [0.1, 0.15) is 11.6 Å². The van der Waals surface area contributed by atoms with E-state index in [1.54, 1.807) is 0 Å². The lowest BCUT2D eigenvalue weighted by atomic mass is 10.2. The van der Waals surface area contributed by atoms with Crippen LogP contribution in [0.1, 0.15) is 5.56 Å². The molecule has 8 nitrogen and oxygen atoms in total. The van der Waals surface area contributed by atoms with Crippen LogP contribution in [0, 0.1) is 0 Å². The summed E-state index contributed by atoms with van der Waals surface area (Å²) >= 11 is 0. The molecular formula is C27H26N8. The molecule has 8 heteroatoms. The molecule has 1 saturated heterocycles. The van der Waals surface area contributed by atoms with Crippen LogP contribution < -0.4 is 15.1 Å². The van der Waals surface area contributed by atoms with Gasteiger partial charge in [0.25, 0.3) is 0 Å². The normalized spacial score (nSPS) is 13.8. The summed E-state index contributed by atoms with van der Waals surface area (Å²) in [5.74, 6) is 2.52. The Morgan fingerprint density at radius 3 is 2.20 bits per heavy atom. The minimum absolute atomic E-state index is 0.598. The lowest BCUT2D eigenvalue weighted by Crippen LogP contribution is -2.47. The summed E-state index contributed by atoms with van der Waals surface area (Å²) < 4.78 is 1.89. The van der Waals surface area contributed by atoms with E-state index in [1.165, 1.54) is 5.56 Å². The van der Waals surface area contributed by atoms with Gasteiger partial charge in [-0.3, -0.25) is 0 Å². The molecule has 174 valence electrons. The number of hydrogen-bond donors (Lipinski definition) is 1. The van der Waals surface area contributed by atoms with Gasteiger partial charge in [-0.15, -0.1) is 0 Å². The fraction of sp³-hybridized carbons (Fsp3) is 0.185. The Hall–Kier alpha value is -4.46. The molecular weight excluding hydrogens is 436 g/mol. The van der Waals surface area contributed by atoms with Crippen LogP contribution in [0.15, 0.2) is 91.3 Å². The van der Waals surface area contributed by atoms with Gasteiger partial charge in [0, 0.05) is 38.9 Å². The van der Waals surface area contributed by atoms with Crippen molar-refractivity contribution in [2.24, 2.45) is 0 Å². The number of piperazine rings is 1. The smallest absolute Gasteiger partial charge is 0.227 e. The molecule has 0 radical (unpaired) electrons. The van der Waals surface area contributed by atoms with Crippen molar-refractivity contribution in [3.05, 3.63) is 96.8 Å². The summed E-state index contributed by atoms with van der Waals surface area (Å²) in [4.78, 5) is 19.0. The van der Waals surface area contributed by atoms with Crippen molar-refractivity contribution >= 4 is 28.6 Å². The number of nitrogens with zero attached hydrogens (tertiary/aromatic N) is 7. The lowest BCUT2D eigenvalue weighted by Gasteiger charge is -2.36. The number of aromatic nitrogens is 5. The first-order valence-corrected chi connectivity index (χ1v) is 11.8. The molecule has 4 heterocycles. The van der Waals surface area contributed by atoms with Gasteiger partial charge in [-0.2, -0.15) is 15.1 Å². The second-order valence-corrected chi connectivity index (χ2v) is 8.50. The number of nitrogens with one attached hydrogen (secondary N) is 1. The predicted octanol–water partition coefficient (Wildman–Crippen LogP) is 4.15. The number of hydrogen-bond acceptors (Lipinski definition) is 7. The average molecular weight is 463 g/mol. The highest BCUT2D eigenvalue weighted by Crippen LogP contribution is 2.28. The van der Waals surface area contributed by atoms with Crippen LogP contribution in [0.2, 0.25) is 0 Å². The SMILES string of the molecule is c1ccc(CNc2nc(N3CCN(c4ccccn4)CC3)c3cnn(-c4ccccc4)c3n2)cc1. The van der Waals surface area contributed by atoms with Gasteiger partial charge in [0.2, 0.25) is 5.95 Å². The molecule has 5 aromatic rings. The molecule has 0 spiro atoms. The highest BCUT2D eigenvalue weighted by molar-refractivity contribution is 5.89. The number of para-hydroxylation sites is 1. The topological polar surface area (TPSA) is 75.0 Å². The minimum Gasteiger partial charge on any atom is -0.353 e. The quantitative estimate of drug-likeness (QED) is 0.406. The summed E-state index contributed by atoms with van der Waals surface area (Å²) in [6.07, 6.45) is 3.72. The predicted molar refractivity (Wildman–Crippen MR) is 139 cm³/mol.